The molecular weight excluding hydrogens is 660 g/mol. The minimum absolute atomic E-state index is 0.138. The lowest BCUT2D eigenvalue weighted by molar-refractivity contribution is -0.112. The zero-order valence-corrected chi connectivity index (χ0v) is 27.7. The number of carbonyl (C=O) groups excluding carboxylic acids is 5. The average molecular weight is 695 g/mol. The van der Waals surface area contributed by atoms with Crippen LogP contribution in [0.4, 0.5) is 22.7 Å². The van der Waals surface area contributed by atoms with Gasteiger partial charge in [-0.15, -0.1) is 0 Å². The summed E-state index contributed by atoms with van der Waals surface area (Å²) in [6.07, 6.45) is 6.24. The number of aromatic nitrogens is 4. The van der Waals surface area contributed by atoms with Gasteiger partial charge in [-0.3, -0.25) is 29.2 Å². The molecule has 0 radical (unpaired) electrons. The number of nitrogens with zero attached hydrogens (tertiary/aromatic N) is 5. The summed E-state index contributed by atoms with van der Waals surface area (Å²) in [5.74, 6) is -2.65. The van der Waals surface area contributed by atoms with Crippen molar-refractivity contribution in [2.24, 2.45) is 38.9 Å². The summed E-state index contributed by atoms with van der Waals surface area (Å²) in [7, 11) is 6.55. The van der Waals surface area contributed by atoms with Gasteiger partial charge in [0.1, 0.15) is 22.8 Å². The van der Waals surface area contributed by atoms with Crippen LogP contribution in [0.25, 0.3) is 0 Å². The number of anilines is 4. The minimum Gasteiger partial charge on any atom is -0.368 e. The maximum Gasteiger partial charge on any atom is 0.272 e. The number of hydrogen-bond acceptors (Lipinski definition) is 7. The Hall–Kier alpha value is -6.27. The second-order valence-electron chi connectivity index (χ2n) is 10.8. The molecule has 0 aliphatic heterocycles. The number of hydroxylamine groups is 1. The molecule has 19 heteroatoms. The number of rotatable bonds is 12. The first-order valence-electron chi connectivity index (χ1n) is 14.4. The highest BCUT2D eigenvalue weighted by Gasteiger charge is 2.20. The fourth-order valence-electron chi connectivity index (χ4n) is 4.69. The first kappa shape index (κ1) is 35.6. The van der Waals surface area contributed by atoms with Crippen molar-refractivity contribution in [1.29, 1.82) is 0 Å². The van der Waals surface area contributed by atoms with Gasteiger partial charge in [0.15, 0.2) is 0 Å². The quantitative estimate of drug-likeness (QED) is 0.0355. The van der Waals surface area contributed by atoms with Crippen LogP contribution in [0.5, 0.6) is 0 Å². The highest BCUT2D eigenvalue weighted by Crippen LogP contribution is 2.21. The molecule has 0 aliphatic carbocycles. The largest absolute Gasteiger partial charge is 0.368 e. The Kier molecular flexibility index (Phi) is 11.0. The number of aryl methyl sites for hydroxylation is 4. The van der Waals surface area contributed by atoms with E-state index in [1.54, 1.807) is 56.8 Å². The van der Waals surface area contributed by atoms with E-state index < -0.39 is 29.5 Å². The second kappa shape index (κ2) is 15.1. The Bertz CT molecular complexity index is 1980. The molecule has 0 saturated heterocycles. The molecule has 0 saturated carbocycles. The van der Waals surface area contributed by atoms with E-state index in [2.05, 4.69) is 38.2 Å². The van der Waals surface area contributed by atoms with Crippen molar-refractivity contribution in [3.8, 4) is 0 Å². The summed E-state index contributed by atoms with van der Waals surface area (Å²) in [5, 5.41) is 21.9. The Balaban J connectivity index is 1.37. The molecule has 4 aromatic heterocycles. The molecule has 0 bridgehead atoms. The number of nitrogens with two attached hydrogens (primary N) is 1. The molecule has 0 atom stereocenters. The molecular formula is C30H35ClN12O6. The molecule has 0 spiro atoms. The van der Waals surface area contributed by atoms with Crippen LogP contribution < -0.4 is 37.8 Å². The number of hydrogen-bond donors (Lipinski definition) is 8. The normalized spacial score (nSPS) is 11.1. The third kappa shape index (κ3) is 8.76. The van der Waals surface area contributed by atoms with Crippen molar-refractivity contribution < 1.29 is 29.2 Å². The zero-order valence-electron chi connectivity index (χ0n) is 26.9. The van der Waals surface area contributed by atoms with Crippen LogP contribution in [0.2, 0.25) is 0 Å². The monoisotopic (exact) mass is 694 g/mol. The Morgan fingerprint density at radius 3 is 1.39 bits per heavy atom. The van der Waals surface area contributed by atoms with Gasteiger partial charge in [0, 0.05) is 59.5 Å². The molecule has 9 N–H and O–H groups in total. The third-order valence-corrected chi connectivity index (χ3v) is 7.19. The summed E-state index contributed by atoms with van der Waals surface area (Å²) in [5.41, 5.74) is 9.39. The lowest BCUT2D eigenvalue weighted by Crippen LogP contribution is -2.31. The molecule has 18 nitrogen and oxygen atoms in total. The lowest BCUT2D eigenvalue weighted by atomic mass is 10.3. The predicted molar refractivity (Wildman–Crippen MR) is 183 cm³/mol. The van der Waals surface area contributed by atoms with Gasteiger partial charge in [0.2, 0.25) is 5.96 Å². The smallest absolute Gasteiger partial charge is 0.272 e. The van der Waals surface area contributed by atoms with E-state index in [9.17, 15) is 24.0 Å². The Morgan fingerprint density at radius 1 is 0.694 bits per heavy atom. The SMILES string of the molecule is C=C(Cl)C(=O)Nc1cc(C(=O)Nc2cc(C(=O)Nc3cc(C(=O)Nc4cc(C(=O)NCCN=C(N)NO)n(C)c4)n(C)c3)n(C)c2)n(C)c1. The van der Waals surface area contributed by atoms with Crippen LogP contribution in [0, 0.1) is 0 Å². The Labute approximate surface area is 284 Å². The maximum absolute atomic E-state index is 13.2. The van der Waals surface area contributed by atoms with Gasteiger partial charge < -0.3 is 50.6 Å². The van der Waals surface area contributed by atoms with Gasteiger partial charge in [-0.05, 0) is 24.3 Å². The number of guanidine groups is 1. The van der Waals surface area contributed by atoms with Crippen LogP contribution in [0.3, 0.4) is 0 Å². The van der Waals surface area contributed by atoms with Gasteiger partial charge in [0.25, 0.3) is 29.5 Å². The van der Waals surface area contributed by atoms with E-state index in [-0.39, 0.29) is 46.9 Å². The van der Waals surface area contributed by atoms with Crippen molar-refractivity contribution >= 4 is 69.8 Å². The van der Waals surface area contributed by atoms with Crippen molar-refractivity contribution in [2.75, 3.05) is 34.4 Å². The third-order valence-electron chi connectivity index (χ3n) is 7.02. The van der Waals surface area contributed by atoms with Crippen molar-refractivity contribution in [3.63, 3.8) is 0 Å². The summed E-state index contributed by atoms with van der Waals surface area (Å²) < 4.78 is 6.13. The van der Waals surface area contributed by atoms with E-state index >= 15 is 0 Å². The summed E-state index contributed by atoms with van der Waals surface area (Å²) >= 11 is 5.61. The number of aliphatic imine (C=N–C) groups is 1. The minimum atomic E-state index is -0.597. The van der Waals surface area contributed by atoms with Crippen molar-refractivity contribution in [2.45, 2.75) is 0 Å². The van der Waals surface area contributed by atoms with E-state index in [4.69, 9.17) is 22.5 Å². The summed E-state index contributed by atoms with van der Waals surface area (Å²) in [4.78, 5) is 67.4. The second-order valence-corrected chi connectivity index (χ2v) is 11.2. The van der Waals surface area contributed by atoms with Crippen LogP contribution in [0.15, 0.2) is 65.7 Å². The average Bonchev–Trinajstić information content (AvgIpc) is 3.80. The van der Waals surface area contributed by atoms with Crippen LogP contribution in [-0.2, 0) is 33.0 Å². The van der Waals surface area contributed by atoms with E-state index in [1.165, 1.54) is 44.2 Å². The molecule has 4 heterocycles. The Morgan fingerprint density at radius 2 is 1.04 bits per heavy atom. The molecule has 0 aromatic carbocycles. The highest BCUT2D eigenvalue weighted by molar-refractivity contribution is 6.43. The molecule has 49 heavy (non-hydrogen) atoms. The number of carbonyl (C=O) groups is 5. The molecule has 258 valence electrons. The molecule has 0 fully saturated rings. The van der Waals surface area contributed by atoms with Gasteiger partial charge in [-0.2, -0.15) is 0 Å². The van der Waals surface area contributed by atoms with Crippen molar-refractivity contribution in [3.05, 3.63) is 83.4 Å². The van der Waals surface area contributed by atoms with Crippen LogP contribution >= 0.6 is 11.6 Å². The number of halogens is 1. The fourth-order valence-corrected chi connectivity index (χ4v) is 4.74. The van der Waals surface area contributed by atoms with E-state index in [1.807, 2.05) is 0 Å². The summed E-state index contributed by atoms with van der Waals surface area (Å²) in [6.45, 7) is 3.66. The maximum atomic E-state index is 13.2. The highest BCUT2D eigenvalue weighted by atomic mass is 35.5. The van der Waals surface area contributed by atoms with E-state index in [0.29, 0.717) is 22.7 Å². The number of amides is 5. The fraction of sp³-hybridized carbons (Fsp3) is 0.200. The molecule has 0 aliphatic rings. The zero-order chi connectivity index (χ0) is 36.0. The van der Waals surface area contributed by atoms with Gasteiger partial charge >= 0.3 is 0 Å². The van der Waals surface area contributed by atoms with Crippen LogP contribution in [0.1, 0.15) is 42.0 Å². The molecule has 4 aromatic rings. The molecule has 5 amide bonds. The first-order valence-corrected chi connectivity index (χ1v) is 14.8. The van der Waals surface area contributed by atoms with Crippen LogP contribution in [-0.4, -0.2) is 72.1 Å². The summed E-state index contributed by atoms with van der Waals surface area (Å²) in [6, 6.07) is 5.96. The topological polar surface area (TPSA) is 236 Å². The lowest BCUT2D eigenvalue weighted by Gasteiger charge is -2.04. The van der Waals surface area contributed by atoms with Gasteiger partial charge in [-0.1, -0.05) is 18.2 Å². The number of nitrogens with one attached hydrogen (secondary N) is 6. The van der Waals surface area contributed by atoms with Gasteiger partial charge in [-0.25, -0.2) is 10.5 Å². The van der Waals surface area contributed by atoms with Gasteiger partial charge in [0.05, 0.1) is 34.3 Å². The standard InChI is InChI=1S/C30H35ClN12O6/c1-16(31)25(44)35-17-9-22(41(3)12-17)27(46)37-19-11-24(43(5)14-19)29(48)38-20-10-23(42(4)15-20)28(47)36-18-8-21(40(2)13-18)26(45)33-6-7-34-30(32)39-49/h8-15,49H,1,6-7H2,2-5H3,(H,33,45)(H,35,44)(H,36,47)(H,37,46)(H,38,48)(H3,32,34,39). The first-order chi connectivity index (χ1) is 23.2. The van der Waals surface area contributed by atoms with E-state index in [0.717, 1.165) is 0 Å². The molecule has 4 rings (SSSR count). The molecule has 0 unspecified atom stereocenters. The predicted octanol–water partition coefficient (Wildman–Crippen LogP) is 1.51. The van der Waals surface area contributed by atoms with Crippen molar-refractivity contribution in [1.82, 2.24) is 29.1 Å².